The minimum absolute atomic E-state index is 0.0728. The van der Waals surface area contributed by atoms with Crippen LogP contribution >= 0.6 is 0 Å². The fraction of sp³-hybridized carbons (Fsp3) is 0.714. The molecule has 2 N–H and O–H groups in total. The molecule has 19 heavy (non-hydrogen) atoms. The number of nitrogens with zero attached hydrogens (tertiary/aromatic N) is 1. The van der Waals surface area contributed by atoms with Gasteiger partial charge in [0.1, 0.15) is 0 Å². The first-order chi connectivity index (χ1) is 8.72. The van der Waals surface area contributed by atoms with Gasteiger partial charge in [-0.2, -0.15) is 0 Å². The Balaban J connectivity index is 4.72. The van der Waals surface area contributed by atoms with Crippen LogP contribution in [0.15, 0.2) is 0 Å². The van der Waals surface area contributed by atoms with E-state index in [1.165, 1.54) is 4.90 Å². The van der Waals surface area contributed by atoms with Crippen LogP contribution in [0, 0.1) is 12.3 Å². The van der Waals surface area contributed by atoms with Gasteiger partial charge in [-0.1, -0.05) is 6.92 Å². The molecular weight excluding hydrogens is 244 g/mol. The number of aliphatic carboxylic acids is 1. The average Bonchev–Trinajstić information content (AvgIpc) is 2.26. The zero-order valence-corrected chi connectivity index (χ0v) is 12.2. The lowest BCUT2D eigenvalue weighted by molar-refractivity contribution is -0.137. The minimum atomic E-state index is -0.919. The van der Waals surface area contributed by atoms with E-state index in [0.29, 0.717) is 6.42 Å². The maximum absolute atomic E-state index is 12.2. The Hall–Kier alpha value is -1.70. The van der Waals surface area contributed by atoms with Crippen molar-refractivity contribution >= 4 is 12.0 Å². The first kappa shape index (κ1) is 17.3. The second-order valence-corrected chi connectivity index (χ2v) is 5.43. The van der Waals surface area contributed by atoms with E-state index in [9.17, 15) is 9.59 Å². The molecule has 5 nitrogen and oxygen atoms in total. The van der Waals surface area contributed by atoms with Crippen LogP contribution in [0.5, 0.6) is 0 Å². The Bertz CT molecular complexity index is 353. The molecule has 0 saturated carbocycles. The highest BCUT2D eigenvalue weighted by Crippen LogP contribution is 2.14. The lowest BCUT2D eigenvalue weighted by Gasteiger charge is -2.36. The Morgan fingerprint density at radius 1 is 1.42 bits per heavy atom. The average molecular weight is 268 g/mol. The first-order valence-electron chi connectivity index (χ1n) is 6.45. The summed E-state index contributed by atoms with van der Waals surface area (Å²) in [5.41, 5.74) is -0.437. The van der Waals surface area contributed by atoms with Gasteiger partial charge in [-0.15, -0.1) is 12.3 Å². The zero-order chi connectivity index (χ0) is 15.1. The van der Waals surface area contributed by atoms with Crippen molar-refractivity contribution in [2.45, 2.75) is 58.5 Å². The van der Waals surface area contributed by atoms with Crippen molar-refractivity contribution in [2.75, 3.05) is 6.54 Å². The van der Waals surface area contributed by atoms with E-state index in [0.717, 1.165) is 6.42 Å². The number of carbonyl (C=O) groups is 2. The minimum Gasteiger partial charge on any atom is -0.481 e. The smallest absolute Gasteiger partial charge is 0.318 e. The molecule has 0 saturated heterocycles. The normalized spacial score (nSPS) is 12.4. The molecule has 0 aliphatic rings. The summed E-state index contributed by atoms with van der Waals surface area (Å²) in [6.07, 6.45) is 6.39. The van der Waals surface area contributed by atoms with Gasteiger partial charge in [0.15, 0.2) is 0 Å². The summed E-state index contributed by atoms with van der Waals surface area (Å²) in [7, 11) is 0. The molecule has 0 bridgehead atoms. The van der Waals surface area contributed by atoms with Crippen LogP contribution in [0.4, 0.5) is 4.79 Å². The van der Waals surface area contributed by atoms with Crippen molar-refractivity contribution in [3.8, 4) is 12.3 Å². The Morgan fingerprint density at radius 2 is 2.00 bits per heavy atom. The van der Waals surface area contributed by atoms with E-state index >= 15 is 0 Å². The number of hydrogen-bond donors (Lipinski definition) is 2. The quantitative estimate of drug-likeness (QED) is 0.725. The fourth-order valence-corrected chi connectivity index (χ4v) is 1.64. The summed E-state index contributed by atoms with van der Waals surface area (Å²) < 4.78 is 0. The van der Waals surface area contributed by atoms with Crippen LogP contribution in [0.1, 0.15) is 47.0 Å². The summed E-state index contributed by atoms with van der Waals surface area (Å²) in [5.74, 6) is 1.61. The van der Waals surface area contributed by atoms with E-state index in [-0.39, 0.29) is 25.0 Å². The van der Waals surface area contributed by atoms with Crippen molar-refractivity contribution in [1.82, 2.24) is 10.2 Å². The van der Waals surface area contributed by atoms with Crippen LogP contribution in [0.3, 0.4) is 0 Å². The molecule has 0 rings (SSSR count). The molecule has 0 aromatic carbocycles. The molecule has 5 heteroatoms. The third kappa shape index (κ3) is 6.70. The Kier molecular flexibility index (Phi) is 6.99. The first-order valence-corrected chi connectivity index (χ1v) is 6.45. The van der Waals surface area contributed by atoms with Crippen LogP contribution in [-0.4, -0.2) is 40.1 Å². The van der Waals surface area contributed by atoms with Crippen molar-refractivity contribution in [3.63, 3.8) is 0 Å². The second-order valence-electron chi connectivity index (χ2n) is 5.43. The monoisotopic (exact) mass is 268 g/mol. The molecule has 2 amide bonds. The molecule has 0 radical (unpaired) electrons. The molecular formula is C14H24N2O3. The van der Waals surface area contributed by atoms with Gasteiger partial charge in [0, 0.05) is 24.5 Å². The summed E-state index contributed by atoms with van der Waals surface area (Å²) in [4.78, 5) is 24.4. The predicted molar refractivity (Wildman–Crippen MR) is 74.8 cm³/mol. The molecule has 1 atom stereocenters. The van der Waals surface area contributed by atoms with Crippen LogP contribution < -0.4 is 5.32 Å². The highest BCUT2D eigenvalue weighted by Gasteiger charge is 2.27. The molecule has 0 aliphatic carbocycles. The standard InChI is InChI=1S/C14H24N2O3/c1-6-8-11(7-2)15-13(19)16(14(3,4)5)10-9-12(17)18/h1,11H,7-10H2,2-5H3,(H,15,19)(H,17,18). The molecule has 0 aromatic heterocycles. The van der Waals surface area contributed by atoms with E-state index in [1.807, 2.05) is 27.7 Å². The number of rotatable bonds is 6. The van der Waals surface area contributed by atoms with Gasteiger partial charge in [-0.3, -0.25) is 4.79 Å². The number of carboxylic acids is 1. The third-order valence-corrected chi connectivity index (χ3v) is 2.79. The predicted octanol–water partition coefficient (Wildman–Crippen LogP) is 2.07. The number of carboxylic acid groups (broad SMARTS) is 1. The summed E-state index contributed by atoms with van der Waals surface area (Å²) in [6, 6.07) is -0.344. The highest BCUT2D eigenvalue weighted by molar-refractivity contribution is 5.76. The van der Waals surface area contributed by atoms with Crippen molar-refractivity contribution in [2.24, 2.45) is 0 Å². The number of terminal acetylenes is 1. The van der Waals surface area contributed by atoms with Gasteiger partial charge in [-0.25, -0.2) is 4.79 Å². The van der Waals surface area contributed by atoms with E-state index in [4.69, 9.17) is 11.5 Å². The van der Waals surface area contributed by atoms with Crippen molar-refractivity contribution in [3.05, 3.63) is 0 Å². The SMILES string of the molecule is C#CCC(CC)NC(=O)N(CCC(=O)O)C(C)(C)C. The Labute approximate surface area is 115 Å². The van der Waals surface area contributed by atoms with Crippen molar-refractivity contribution < 1.29 is 14.7 Å². The number of carbonyl (C=O) groups excluding carboxylic acids is 1. The second kappa shape index (κ2) is 7.67. The van der Waals surface area contributed by atoms with Gasteiger partial charge in [0.2, 0.25) is 0 Å². The topological polar surface area (TPSA) is 69.6 Å². The van der Waals surface area contributed by atoms with Gasteiger partial charge >= 0.3 is 12.0 Å². The molecule has 0 fully saturated rings. The lowest BCUT2D eigenvalue weighted by Crippen LogP contribution is -2.53. The van der Waals surface area contributed by atoms with Crippen LogP contribution in [-0.2, 0) is 4.79 Å². The largest absolute Gasteiger partial charge is 0.481 e. The Morgan fingerprint density at radius 3 is 2.37 bits per heavy atom. The number of urea groups is 1. The van der Waals surface area contributed by atoms with Gasteiger partial charge in [0.05, 0.1) is 6.42 Å². The highest BCUT2D eigenvalue weighted by atomic mass is 16.4. The van der Waals surface area contributed by atoms with Gasteiger partial charge < -0.3 is 15.3 Å². The number of hydrogen-bond acceptors (Lipinski definition) is 2. The number of amides is 2. The van der Waals surface area contributed by atoms with Gasteiger partial charge in [-0.05, 0) is 27.2 Å². The van der Waals surface area contributed by atoms with E-state index in [2.05, 4.69) is 11.2 Å². The third-order valence-electron chi connectivity index (χ3n) is 2.79. The van der Waals surface area contributed by atoms with Gasteiger partial charge in [0.25, 0.3) is 0 Å². The molecule has 0 spiro atoms. The summed E-state index contributed by atoms with van der Waals surface area (Å²) >= 11 is 0. The lowest BCUT2D eigenvalue weighted by atomic mass is 10.1. The maximum atomic E-state index is 12.2. The van der Waals surface area contributed by atoms with E-state index < -0.39 is 11.5 Å². The zero-order valence-electron chi connectivity index (χ0n) is 12.2. The summed E-state index contributed by atoms with van der Waals surface area (Å²) in [6.45, 7) is 7.74. The van der Waals surface area contributed by atoms with Crippen molar-refractivity contribution in [1.29, 1.82) is 0 Å². The molecule has 108 valence electrons. The molecule has 1 unspecified atom stereocenters. The fourth-order valence-electron chi connectivity index (χ4n) is 1.64. The van der Waals surface area contributed by atoms with Crippen LogP contribution in [0.2, 0.25) is 0 Å². The molecule has 0 aliphatic heterocycles. The molecule has 0 heterocycles. The van der Waals surface area contributed by atoms with Crippen LogP contribution in [0.25, 0.3) is 0 Å². The molecule has 0 aromatic rings. The number of nitrogens with one attached hydrogen (secondary N) is 1. The maximum Gasteiger partial charge on any atom is 0.318 e. The van der Waals surface area contributed by atoms with E-state index in [1.54, 1.807) is 0 Å². The summed E-state index contributed by atoms with van der Waals surface area (Å²) in [5, 5.41) is 11.6.